The van der Waals surface area contributed by atoms with Crippen LogP contribution in [0.25, 0.3) is 0 Å². The van der Waals surface area contributed by atoms with Crippen molar-refractivity contribution < 1.29 is 9.53 Å². The van der Waals surface area contributed by atoms with Crippen molar-refractivity contribution >= 4 is 5.91 Å². The van der Waals surface area contributed by atoms with E-state index in [1.165, 1.54) is 5.56 Å². The first kappa shape index (κ1) is 19.0. The summed E-state index contributed by atoms with van der Waals surface area (Å²) >= 11 is 0. The Kier molecular flexibility index (Phi) is 7.02. The third-order valence-corrected chi connectivity index (χ3v) is 4.43. The summed E-state index contributed by atoms with van der Waals surface area (Å²) in [5.74, 6) is 0.868. The highest BCUT2D eigenvalue weighted by molar-refractivity contribution is 5.78. The van der Waals surface area contributed by atoms with Gasteiger partial charge in [0.05, 0.1) is 13.2 Å². The Balaban J connectivity index is 1.94. The molecule has 0 fully saturated rings. The number of hydrogen-bond donors (Lipinski definition) is 1. The van der Waals surface area contributed by atoms with Gasteiger partial charge in [-0.2, -0.15) is 0 Å². The fourth-order valence-corrected chi connectivity index (χ4v) is 2.86. The number of amides is 1. The van der Waals surface area contributed by atoms with Gasteiger partial charge >= 0.3 is 0 Å². The van der Waals surface area contributed by atoms with E-state index in [-0.39, 0.29) is 17.9 Å². The van der Waals surface area contributed by atoms with Gasteiger partial charge in [0.25, 0.3) is 0 Å². The van der Waals surface area contributed by atoms with Crippen LogP contribution in [-0.4, -0.2) is 38.6 Å². The van der Waals surface area contributed by atoms with Crippen molar-refractivity contribution in [1.29, 1.82) is 0 Å². The molecule has 0 aliphatic rings. The van der Waals surface area contributed by atoms with Crippen LogP contribution in [0.4, 0.5) is 0 Å². The molecule has 1 N–H and O–H groups in total. The molecule has 0 heterocycles. The Morgan fingerprint density at radius 2 is 1.72 bits per heavy atom. The van der Waals surface area contributed by atoms with E-state index in [9.17, 15) is 4.79 Å². The number of benzene rings is 2. The maximum absolute atomic E-state index is 12.5. The molecular weight excluding hydrogens is 312 g/mol. The lowest BCUT2D eigenvalue weighted by Gasteiger charge is -2.26. The Labute approximate surface area is 150 Å². The van der Waals surface area contributed by atoms with Crippen molar-refractivity contribution in [2.45, 2.75) is 19.4 Å². The Hall–Kier alpha value is -2.33. The summed E-state index contributed by atoms with van der Waals surface area (Å²) in [6.07, 6.45) is 0.752. The average Bonchev–Trinajstić information content (AvgIpc) is 2.62. The molecule has 134 valence electrons. The Bertz CT molecular complexity index is 653. The summed E-state index contributed by atoms with van der Waals surface area (Å²) in [7, 11) is 5.70. The first-order chi connectivity index (χ1) is 12.0. The zero-order chi connectivity index (χ0) is 18.2. The van der Waals surface area contributed by atoms with Gasteiger partial charge in [-0.15, -0.1) is 0 Å². The predicted octanol–water partition coefficient (Wildman–Crippen LogP) is 3.29. The zero-order valence-corrected chi connectivity index (χ0v) is 15.5. The van der Waals surface area contributed by atoms with Gasteiger partial charge in [-0.1, -0.05) is 49.4 Å². The highest BCUT2D eigenvalue weighted by Gasteiger charge is 2.18. The second-order valence-corrected chi connectivity index (χ2v) is 6.59. The topological polar surface area (TPSA) is 41.6 Å². The number of methoxy groups -OCH3 is 1. The number of nitrogens with zero attached hydrogens (tertiary/aromatic N) is 1. The molecule has 0 spiro atoms. The molecule has 25 heavy (non-hydrogen) atoms. The number of likely N-dealkylation sites (N-methyl/N-ethyl adjacent to an activating group) is 1. The SMILES string of the molecule is COc1ccc(C(CNC(=O)C(C)Cc2ccccc2)N(C)C)cc1. The minimum absolute atomic E-state index is 0.0546. The molecule has 4 heteroatoms. The van der Waals surface area contributed by atoms with Crippen LogP contribution >= 0.6 is 0 Å². The lowest BCUT2D eigenvalue weighted by molar-refractivity contribution is -0.124. The predicted molar refractivity (Wildman–Crippen MR) is 102 cm³/mol. The van der Waals surface area contributed by atoms with Gasteiger partial charge in [-0.05, 0) is 43.8 Å². The van der Waals surface area contributed by atoms with Crippen molar-refractivity contribution in [3.8, 4) is 5.75 Å². The third-order valence-electron chi connectivity index (χ3n) is 4.43. The highest BCUT2D eigenvalue weighted by Crippen LogP contribution is 2.21. The van der Waals surface area contributed by atoms with Gasteiger partial charge in [0.15, 0.2) is 0 Å². The summed E-state index contributed by atoms with van der Waals surface area (Å²) in [5, 5.41) is 3.10. The largest absolute Gasteiger partial charge is 0.497 e. The van der Waals surface area contributed by atoms with E-state index >= 15 is 0 Å². The molecule has 0 aliphatic carbocycles. The molecule has 2 unspecified atom stereocenters. The highest BCUT2D eigenvalue weighted by atomic mass is 16.5. The second-order valence-electron chi connectivity index (χ2n) is 6.59. The van der Waals surface area contributed by atoms with E-state index in [4.69, 9.17) is 4.74 Å². The summed E-state index contributed by atoms with van der Waals surface area (Å²) in [6, 6.07) is 18.2. The lowest BCUT2D eigenvalue weighted by atomic mass is 10.00. The summed E-state index contributed by atoms with van der Waals surface area (Å²) in [5.41, 5.74) is 2.34. The summed E-state index contributed by atoms with van der Waals surface area (Å²) in [6.45, 7) is 2.55. The van der Waals surface area contributed by atoms with Gasteiger partial charge in [0.2, 0.25) is 5.91 Å². The molecule has 4 nitrogen and oxygen atoms in total. The smallest absolute Gasteiger partial charge is 0.223 e. The van der Waals surface area contributed by atoms with Gasteiger partial charge in [0.1, 0.15) is 5.75 Å². The van der Waals surface area contributed by atoms with Crippen molar-refractivity contribution in [1.82, 2.24) is 10.2 Å². The molecule has 0 radical (unpaired) electrons. The van der Waals surface area contributed by atoms with Crippen molar-refractivity contribution in [3.05, 3.63) is 65.7 Å². The average molecular weight is 340 g/mol. The first-order valence-corrected chi connectivity index (χ1v) is 8.63. The van der Waals surface area contributed by atoms with E-state index < -0.39 is 0 Å². The fourth-order valence-electron chi connectivity index (χ4n) is 2.86. The standard InChI is InChI=1S/C21H28N2O2/c1-16(14-17-8-6-5-7-9-17)21(24)22-15-20(23(2)3)18-10-12-19(25-4)13-11-18/h5-13,16,20H,14-15H2,1-4H3,(H,22,24). The van der Waals surface area contributed by atoms with Crippen molar-refractivity contribution in [2.75, 3.05) is 27.7 Å². The van der Waals surface area contributed by atoms with Gasteiger partial charge in [-0.25, -0.2) is 0 Å². The Morgan fingerprint density at radius 3 is 2.28 bits per heavy atom. The van der Waals surface area contributed by atoms with E-state index in [0.29, 0.717) is 6.54 Å². The Morgan fingerprint density at radius 1 is 1.08 bits per heavy atom. The molecule has 0 bridgehead atoms. The molecule has 0 aliphatic heterocycles. The van der Waals surface area contributed by atoms with Crippen LogP contribution in [0, 0.1) is 5.92 Å². The normalized spacial score (nSPS) is 13.3. The number of carbonyl (C=O) groups excluding carboxylic acids is 1. The summed E-state index contributed by atoms with van der Waals surface area (Å²) in [4.78, 5) is 14.6. The van der Waals surface area contributed by atoms with Crippen LogP contribution < -0.4 is 10.1 Å². The number of carbonyl (C=O) groups is 1. The minimum Gasteiger partial charge on any atom is -0.497 e. The molecule has 0 saturated heterocycles. The van der Waals surface area contributed by atoms with Gasteiger partial charge in [0, 0.05) is 12.5 Å². The van der Waals surface area contributed by atoms with E-state index in [1.54, 1.807) is 7.11 Å². The quantitative estimate of drug-likeness (QED) is 0.802. The van der Waals surface area contributed by atoms with E-state index in [1.807, 2.05) is 63.5 Å². The van der Waals surface area contributed by atoms with Crippen LogP contribution in [0.1, 0.15) is 24.1 Å². The maximum atomic E-state index is 12.5. The van der Waals surface area contributed by atoms with Crippen LogP contribution in [0.15, 0.2) is 54.6 Å². The number of nitrogens with one attached hydrogen (secondary N) is 1. The second kappa shape index (κ2) is 9.23. The third kappa shape index (κ3) is 5.61. The molecule has 2 atom stereocenters. The van der Waals surface area contributed by atoms with E-state index in [2.05, 4.69) is 22.3 Å². The van der Waals surface area contributed by atoms with Crippen LogP contribution in [0.5, 0.6) is 5.75 Å². The van der Waals surface area contributed by atoms with Crippen LogP contribution in [-0.2, 0) is 11.2 Å². The lowest BCUT2D eigenvalue weighted by Crippen LogP contribution is -2.37. The number of rotatable bonds is 8. The fraction of sp³-hybridized carbons (Fsp3) is 0.381. The monoisotopic (exact) mass is 340 g/mol. The molecule has 0 saturated carbocycles. The number of hydrogen-bond acceptors (Lipinski definition) is 3. The first-order valence-electron chi connectivity index (χ1n) is 8.63. The van der Waals surface area contributed by atoms with Crippen molar-refractivity contribution in [3.63, 3.8) is 0 Å². The van der Waals surface area contributed by atoms with Crippen LogP contribution in [0.2, 0.25) is 0 Å². The maximum Gasteiger partial charge on any atom is 0.223 e. The van der Waals surface area contributed by atoms with Gasteiger partial charge in [-0.3, -0.25) is 4.79 Å². The van der Waals surface area contributed by atoms with Gasteiger partial charge < -0.3 is 15.0 Å². The molecule has 2 rings (SSSR count). The molecule has 0 aromatic heterocycles. The minimum atomic E-state index is -0.0546. The molecule has 1 amide bonds. The molecule has 2 aromatic rings. The molecular formula is C21H28N2O2. The van der Waals surface area contributed by atoms with Crippen molar-refractivity contribution in [2.24, 2.45) is 5.92 Å². The van der Waals surface area contributed by atoms with Crippen LogP contribution in [0.3, 0.4) is 0 Å². The van der Waals surface area contributed by atoms with E-state index in [0.717, 1.165) is 17.7 Å². The zero-order valence-electron chi connectivity index (χ0n) is 15.5. The molecule has 2 aromatic carbocycles. The number of ether oxygens (including phenoxy) is 1. The summed E-state index contributed by atoms with van der Waals surface area (Å²) < 4.78 is 5.21.